The fraction of sp³-hybridized carbons (Fsp3) is 0.360. The van der Waals surface area contributed by atoms with E-state index in [1.54, 1.807) is 0 Å². The summed E-state index contributed by atoms with van der Waals surface area (Å²) < 4.78 is 23.6. The Morgan fingerprint density at radius 2 is 1.77 bits per heavy atom. The number of piperidine rings is 1. The lowest BCUT2D eigenvalue weighted by Gasteiger charge is -2.34. The van der Waals surface area contributed by atoms with E-state index in [-0.39, 0.29) is 35.0 Å². The summed E-state index contributed by atoms with van der Waals surface area (Å²) in [7, 11) is 0. The zero-order chi connectivity index (χ0) is 24.4. The van der Waals surface area contributed by atoms with E-state index in [0.717, 1.165) is 38.0 Å². The average molecular weight is 480 g/mol. The van der Waals surface area contributed by atoms with E-state index in [1.165, 1.54) is 24.3 Å². The van der Waals surface area contributed by atoms with Gasteiger partial charge >= 0.3 is 23.8 Å². The smallest absolute Gasteiger partial charge is 0.320 e. The van der Waals surface area contributed by atoms with Crippen LogP contribution in [0.1, 0.15) is 36.9 Å². The summed E-state index contributed by atoms with van der Waals surface area (Å²) in [5.74, 6) is -1.09. The van der Waals surface area contributed by atoms with Crippen LogP contribution in [0.5, 0.6) is 0 Å². The van der Waals surface area contributed by atoms with Gasteiger partial charge < -0.3 is 24.7 Å². The molecule has 5 rings (SSSR count). The molecule has 1 aromatic heterocycles. The molecule has 1 saturated carbocycles. The highest BCUT2D eigenvalue weighted by Gasteiger charge is 2.59. The number of hydrogen-bond donors (Lipinski definition) is 2. The van der Waals surface area contributed by atoms with Crippen LogP contribution in [0.3, 0.4) is 0 Å². The van der Waals surface area contributed by atoms with Gasteiger partial charge in [-0.3, -0.25) is 9.59 Å². The van der Waals surface area contributed by atoms with E-state index >= 15 is 0 Å². The molecule has 0 bridgehead atoms. The van der Waals surface area contributed by atoms with Crippen LogP contribution < -0.4 is 15.5 Å². The van der Waals surface area contributed by atoms with Gasteiger partial charge in [0.15, 0.2) is 0 Å². The molecule has 1 saturated heterocycles. The maximum atomic E-state index is 13.0. The summed E-state index contributed by atoms with van der Waals surface area (Å²) in [6.07, 6.45) is 2.88. The van der Waals surface area contributed by atoms with Crippen molar-refractivity contribution in [2.45, 2.75) is 26.2 Å². The van der Waals surface area contributed by atoms with Gasteiger partial charge in [-0.2, -0.15) is 0 Å². The van der Waals surface area contributed by atoms with E-state index in [0.29, 0.717) is 18.0 Å². The fourth-order valence-electron chi connectivity index (χ4n) is 4.65. The number of aromatic nitrogens is 2. The molecular formula is C25H26FN5O4. The summed E-state index contributed by atoms with van der Waals surface area (Å²) >= 11 is 0. The first-order valence-electron chi connectivity index (χ1n) is 11.6. The number of rotatable bonds is 7. The van der Waals surface area contributed by atoms with Gasteiger partial charge in [0.1, 0.15) is 5.82 Å². The Morgan fingerprint density at radius 1 is 1.09 bits per heavy atom. The summed E-state index contributed by atoms with van der Waals surface area (Å²) in [6, 6.07) is 13.2. The van der Waals surface area contributed by atoms with Gasteiger partial charge in [-0.1, -0.05) is 5.10 Å². The Morgan fingerprint density at radius 3 is 2.46 bits per heavy atom. The molecular weight excluding hydrogens is 453 g/mol. The number of nitrogens with one attached hydrogen (secondary N) is 2. The van der Waals surface area contributed by atoms with Crippen molar-refractivity contribution in [2.75, 3.05) is 35.2 Å². The molecule has 0 radical (unpaired) electrons. The second kappa shape index (κ2) is 9.36. The minimum Gasteiger partial charge on any atom is -0.466 e. The molecule has 1 aliphatic carbocycles. The van der Waals surface area contributed by atoms with E-state index in [1.807, 2.05) is 31.2 Å². The zero-order valence-corrected chi connectivity index (χ0v) is 19.3. The normalized spacial score (nSPS) is 18.2. The summed E-state index contributed by atoms with van der Waals surface area (Å²) in [6.45, 7) is 4.04. The first-order chi connectivity index (χ1) is 17.0. The van der Waals surface area contributed by atoms with E-state index in [2.05, 4.69) is 25.7 Å². The lowest BCUT2D eigenvalue weighted by atomic mass is 9.90. The van der Waals surface area contributed by atoms with Crippen LogP contribution in [0.4, 0.5) is 27.5 Å². The number of anilines is 4. The van der Waals surface area contributed by atoms with Gasteiger partial charge in [-0.05, 0) is 80.1 Å². The highest BCUT2D eigenvalue weighted by molar-refractivity contribution is 6.01. The predicted molar refractivity (Wildman–Crippen MR) is 127 cm³/mol. The first-order valence-corrected chi connectivity index (χ1v) is 11.6. The topological polar surface area (TPSA) is 110 Å². The number of nitrogens with zero attached hydrogens (tertiary/aromatic N) is 3. The summed E-state index contributed by atoms with van der Waals surface area (Å²) in [5.41, 5.74) is 2.34. The Bertz CT molecular complexity index is 1200. The van der Waals surface area contributed by atoms with Crippen LogP contribution in [-0.4, -0.2) is 41.8 Å². The van der Waals surface area contributed by atoms with Gasteiger partial charge in [0.05, 0.1) is 12.5 Å². The van der Waals surface area contributed by atoms with E-state index in [4.69, 9.17) is 9.15 Å². The molecule has 2 N–H and O–H groups in total. The van der Waals surface area contributed by atoms with Crippen LogP contribution in [-0.2, 0) is 9.53 Å². The number of hydrogen-bond acceptors (Lipinski definition) is 8. The third-order valence-electron chi connectivity index (χ3n) is 6.73. The number of carbonyl (C=O) groups excluding carboxylic acids is 2. The van der Waals surface area contributed by atoms with Crippen LogP contribution in [0.25, 0.3) is 0 Å². The van der Waals surface area contributed by atoms with Crippen LogP contribution in [0.15, 0.2) is 52.9 Å². The Balaban J connectivity index is 1.13. The van der Waals surface area contributed by atoms with Crippen molar-refractivity contribution in [2.24, 2.45) is 11.3 Å². The first kappa shape index (κ1) is 22.8. The second-order valence-corrected chi connectivity index (χ2v) is 8.90. The second-order valence-electron chi connectivity index (χ2n) is 8.90. The van der Waals surface area contributed by atoms with Crippen molar-refractivity contribution in [3.63, 3.8) is 0 Å². The Labute approximate surface area is 201 Å². The molecule has 1 amide bonds. The van der Waals surface area contributed by atoms with Crippen LogP contribution in [0, 0.1) is 17.2 Å². The number of amides is 1. The highest BCUT2D eigenvalue weighted by atomic mass is 19.1. The summed E-state index contributed by atoms with van der Waals surface area (Å²) in [4.78, 5) is 26.8. The predicted octanol–water partition coefficient (Wildman–Crippen LogP) is 4.37. The molecule has 2 fully saturated rings. The monoisotopic (exact) mass is 479 g/mol. The van der Waals surface area contributed by atoms with Crippen LogP contribution in [0.2, 0.25) is 0 Å². The largest absolute Gasteiger partial charge is 0.466 e. The third kappa shape index (κ3) is 4.96. The van der Waals surface area contributed by atoms with Crippen molar-refractivity contribution in [1.82, 2.24) is 10.2 Å². The molecule has 182 valence electrons. The highest BCUT2D eigenvalue weighted by Crippen LogP contribution is 2.60. The van der Waals surface area contributed by atoms with Crippen molar-refractivity contribution >= 4 is 35.0 Å². The van der Waals surface area contributed by atoms with Crippen molar-refractivity contribution in [3.05, 3.63) is 60.2 Å². The quantitative estimate of drug-likeness (QED) is 0.481. The average Bonchev–Trinajstić information content (AvgIpc) is 3.35. The SMILES string of the molecule is CCOC(=O)C1CC12CCN(c1ccc(NC(=O)c3nnc(Nc4ccc(F)cc4)o3)cc1)CC2. The zero-order valence-electron chi connectivity index (χ0n) is 19.3. The van der Waals surface area contributed by atoms with Gasteiger partial charge in [0.2, 0.25) is 0 Å². The number of benzene rings is 2. The van der Waals surface area contributed by atoms with E-state index < -0.39 is 5.91 Å². The van der Waals surface area contributed by atoms with Crippen molar-refractivity contribution in [1.29, 1.82) is 0 Å². The molecule has 2 aliphatic rings. The van der Waals surface area contributed by atoms with Gasteiger partial charge in [0, 0.05) is 30.2 Å². The molecule has 35 heavy (non-hydrogen) atoms. The molecule has 1 spiro atoms. The molecule has 10 heteroatoms. The number of halogens is 1. The fourth-order valence-corrected chi connectivity index (χ4v) is 4.65. The molecule has 2 heterocycles. The maximum Gasteiger partial charge on any atom is 0.320 e. The lowest BCUT2D eigenvalue weighted by Crippen LogP contribution is -2.35. The van der Waals surface area contributed by atoms with Crippen LogP contribution >= 0.6 is 0 Å². The van der Waals surface area contributed by atoms with Crippen molar-refractivity contribution in [3.8, 4) is 0 Å². The summed E-state index contributed by atoms with van der Waals surface area (Å²) in [5, 5.41) is 13.1. The molecule has 1 aliphatic heterocycles. The van der Waals surface area contributed by atoms with Gasteiger partial charge in [-0.15, -0.1) is 5.10 Å². The minimum atomic E-state index is -0.531. The molecule has 2 aromatic carbocycles. The van der Waals surface area contributed by atoms with Gasteiger partial charge in [-0.25, -0.2) is 4.39 Å². The van der Waals surface area contributed by atoms with Crippen molar-refractivity contribution < 1.29 is 23.1 Å². The minimum absolute atomic E-state index is 0.0286. The standard InChI is InChI=1S/C25H26FN5O4/c1-2-34-23(33)20-15-25(20)11-13-31(14-12-25)19-9-7-17(8-10-19)27-21(32)22-29-30-24(35-22)28-18-5-3-16(26)4-6-18/h3-10,20H,2,11-15H2,1H3,(H,27,32)(H,28,30). The molecule has 1 atom stereocenters. The lowest BCUT2D eigenvalue weighted by molar-refractivity contribution is -0.145. The maximum absolute atomic E-state index is 13.0. The molecule has 9 nitrogen and oxygen atoms in total. The van der Waals surface area contributed by atoms with E-state index in [9.17, 15) is 14.0 Å². The number of carbonyl (C=O) groups is 2. The molecule has 1 unspecified atom stereocenters. The number of esters is 1. The number of ether oxygens (including phenoxy) is 1. The third-order valence-corrected chi connectivity index (χ3v) is 6.73. The molecule has 3 aromatic rings. The Hall–Kier alpha value is -3.95. The van der Waals surface area contributed by atoms with Gasteiger partial charge in [0.25, 0.3) is 0 Å². The Kier molecular flexibility index (Phi) is 6.10.